The highest BCUT2D eigenvalue weighted by atomic mass is 16.6. The van der Waals surface area contributed by atoms with E-state index < -0.39 is 0 Å². The fourth-order valence-corrected chi connectivity index (χ4v) is 4.24. The highest BCUT2D eigenvalue weighted by Crippen LogP contribution is 2.21. The van der Waals surface area contributed by atoms with Gasteiger partial charge in [-0.15, -0.1) is 0 Å². The highest BCUT2D eigenvalue weighted by molar-refractivity contribution is 5.78. The lowest BCUT2D eigenvalue weighted by Gasteiger charge is -2.08. The standard InChI is InChI=1S/C17H16N2O3.C15H14N2O2/c1-2-21-17(20)11-22-14-9-7-13(8-10-14)19-12-18-15-5-3-4-6-16(15)19;18-9-10-19-13-7-5-12(6-8-13)17-11-16-14-3-1-2-4-15(14)17/h3-10,12H,2,11H2,1H3;1-8,11,18H,9-10H2. The summed E-state index contributed by atoms with van der Waals surface area (Å²) in [5.41, 5.74) is 6.06. The third kappa shape index (κ3) is 6.71. The number of esters is 1. The van der Waals surface area contributed by atoms with Gasteiger partial charge in [0.15, 0.2) is 6.61 Å². The summed E-state index contributed by atoms with van der Waals surface area (Å²) < 4.78 is 19.6. The number of carbonyl (C=O) groups excluding carboxylic acids is 1. The fraction of sp³-hybridized carbons (Fsp3) is 0.156. The normalized spacial score (nSPS) is 10.7. The Balaban J connectivity index is 0.000000166. The molecular formula is C32H30N4O5. The van der Waals surface area contributed by atoms with Crippen molar-refractivity contribution in [1.29, 1.82) is 0 Å². The maximum atomic E-state index is 11.3. The van der Waals surface area contributed by atoms with Gasteiger partial charge in [-0.25, -0.2) is 14.8 Å². The lowest BCUT2D eigenvalue weighted by molar-refractivity contribution is -0.145. The summed E-state index contributed by atoms with van der Waals surface area (Å²) in [6.07, 6.45) is 3.60. The molecule has 9 nitrogen and oxygen atoms in total. The van der Waals surface area contributed by atoms with Gasteiger partial charge in [0.25, 0.3) is 0 Å². The van der Waals surface area contributed by atoms with Crippen LogP contribution in [0.4, 0.5) is 0 Å². The maximum absolute atomic E-state index is 11.3. The van der Waals surface area contributed by atoms with E-state index in [1.807, 2.05) is 113 Å². The van der Waals surface area contributed by atoms with Crippen molar-refractivity contribution in [2.75, 3.05) is 26.4 Å². The van der Waals surface area contributed by atoms with E-state index in [0.29, 0.717) is 19.0 Å². The molecule has 2 aromatic heterocycles. The Morgan fingerprint density at radius 1 is 0.707 bits per heavy atom. The van der Waals surface area contributed by atoms with Gasteiger partial charge in [0.2, 0.25) is 0 Å². The molecule has 2 heterocycles. The predicted molar refractivity (Wildman–Crippen MR) is 157 cm³/mol. The monoisotopic (exact) mass is 550 g/mol. The summed E-state index contributed by atoms with van der Waals surface area (Å²) in [4.78, 5) is 20.0. The topological polar surface area (TPSA) is 101 Å². The van der Waals surface area contributed by atoms with Gasteiger partial charge in [0, 0.05) is 11.4 Å². The van der Waals surface area contributed by atoms with Crippen molar-refractivity contribution < 1.29 is 24.1 Å². The van der Waals surface area contributed by atoms with Crippen molar-refractivity contribution in [2.45, 2.75) is 6.92 Å². The summed E-state index contributed by atoms with van der Waals surface area (Å²) in [5.74, 6) is 1.01. The van der Waals surface area contributed by atoms with Gasteiger partial charge in [-0.1, -0.05) is 24.3 Å². The van der Waals surface area contributed by atoms with E-state index in [9.17, 15) is 4.79 Å². The molecule has 0 spiro atoms. The predicted octanol–water partition coefficient (Wildman–Crippen LogP) is 5.36. The second-order valence-corrected chi connectivity index (χ2v) is 8.86. The van der Waals surface area contributed by atoms with Gasteiger partial charge in [0.05, 0.1) is 35.3 Å². The maximum Gasteiger partial charge on any atom is 0.344 e. The molecule has 4 aromatic carbocycles. The van der Waals surface area contributed by atoms with Crippen LogP contribution in [-0.2, 0) is 9.53 Å². The lowest BCUT2D eigenvalue weighted by atomic mass is 10.2. The van der Waals surface area contributed by atoms with Gasteiger partial charge >= 0.3 is 5.97 Å². The molecule has 0 fully saturated rings. The SMILES string of the molecule is CCOC(=O)COc1ccc(-n2cnc3ccccc32)cc1.OCCOc1ccc(-n2cnc3ccccc32)cc1. The number of fused-ring (bicyclic) bond motifs is 2. The quantitative estimate of drug-likeness (QED) is 0.242. The highest BCUT2D eigenvalue weighted by Gasteiger charge is 2.06. The van der Waals surface area contributed by atoms with Crippen LogP contribution < -0.4 is 9.47 Å². The summed E-state index contributed by atoms with van der Waals surface area (Å²) >= 11 is 0. The van der Waals surface area contributed by atoms with Gasteiger partial charge in [-0.05, 0) is 79.7 Å². The molecule has 9 heteroatoms. The number of hydrogen-bond donors (Lipinski definition) is 1. The number of aromatic nitrogens is 4. The van der Waals surface area contributed by atoms with Crippen LogP contribution >= 0.6 is 0 Å². The van der Waals surface area contributed by atoms with Crippen LogP contribution in [0.2, 0.25) is 0 Å². The van der Waals surface area contributed by atoms with E-state index in [-0.39, 0.29) is 19.2 Å². The fourth-order valence-electron chi connectivity index (χ4n) is 4.24. The molecule has 6 rings (SSSR count). The molecule has 0 aliphatic heterocycles. The van der Waals surface area contributed by atoms with Crippen LogP contribution in [0, 0.1) is 0 Å². The number of imidazole rings is 2. The van der Waals surface area contributed by atoms with Gasteiger partial charge in [-0.3, -0.25) is 9.13 Å². The summed E-state index contributed by atoms with van der Waals surface area (Å²) in [6.45, 7) is 2.37. The molecule has 0 amide bonds. The largest absolute Gasteiger partial charge is 0.491 e. The van der Waals surface area contributed by atoms with E-state index in [2.05, 4.69) is 9.97 Å². The van der Waals surface area contributed by atoms with Crippen LogP contribution in [0.3, 0.4) is 0 Å². The Labute approximate surface area is 237 Å². The van der Waals surface area contributed by atoms with E-state index in [4.69, 9.17) is 19.3 Å². The third-order valence-electron chi connectivity index (χ3n) is 6.16. The minimum Gasteiger partial charge on any atom is -0.491 e. The molecule has 0 saturated carbocycles. The number of aliphatic hydroxyl groups is 1. The van der Waals surface area contributed by atoms with E-state index >= 15 is 0 Å². The first kappa shape index (κ1) is 27.4. The molecule has 0 unspecified atom stereocenters. The van der Waals surface area contributed by atoms with Gasteiger partial charge in [0.1, 0.15) is 30.8 Å². The lowest BCUT2D eigenvalue weighted by Crippen LogP contribution is -2.14. The smallest absolute Gasteiger partial charge is 0.344 e. The molecule has 1 N–H and O–H groups in total. The Hall–Kier alpha value is -5.15. The van der Waals surface area contributed by atoms with Crippen LogP contribution in [0.1, 0.15) is 6.92 Å². The average molecular weight is 551 g/mol. The number of hydrogen-bond acceptors (Lipinski definition) is 7. The number of benzene rings is 4. The molecule has 0 aliphatic carbocycles. The van der Waals surface area contributed by atoms with Crippen molar-refractivity contribution in [3.8, 4) is 22.9 Å². The first-order chi connectivity index (χ1) is 20.2. The number of rotatable bonds is 9. The summed E-state index contributed by atoms with van der Waals surface area (Å²) in [5, 5.41) is 8.71. The van der Waals surface area contributed by atoms with Crippen molar-refractivity contribution in [3.05, 3.63) is 110 Å². The van der Waals surface area contributed by atoms with Crippen LogP contribution in [0.25, 0.3) is 33.4 Å². The van der Waals surface area contributed by atoms with Crippen LogP contribution in [0.5, 0.6) is 11.5 Å². The van der Waals surface area contributed by atoms with E-state index in [1.54, 1.807) is 13.3 Å². The van der Waals surface area contributed by atoms with Crippen LogP contribution in [-0.4, -0.2) is 56.6 Å². The first-order valence-electron chi connectivity index (χ1n) is 13.2. The molecule has 0 bridgehead atoms. The Morgan fingerprint density at radius 3 is 1.68 bits per heavy atom. The zero-order valence-electron chi connectivity index (χ0n) is 22.6. The summed E-state index contributed by atoms with van der Waals surface area (Å²) in [6, 6.07) is 31.2. The second kappa shape index (κ2) is 13.3. The van der Waals surface area contributed by atoms with Crippen molar-refractivity contribution >= 4 is 28.0 Å². The van der Waals surface area contributed by atoms with Crippen molar-refractivity contribution in [1.82, 2.24) is 19.1 Å². The average Bonchev–Trinajstić information content (AvgIpc) is 3.65. The molecule has 0 saturated heterocycles. The molecule has 41 heavy (non-hydrogen) atoms. The molecule has 0 aliphatic rings. The zero-order chi connectivity index (χ0) is 28.4. The van der Waals surface area contributed by atoms with Crippen LogP contribution in [0.15, 0.2) is 110 Å². The number of nitrogens with zero attached hydrogens (tertiary/aromatic N) is 4. The number of ether oxygens (including phenoxy) is 3. The number of para-hydroxylation sites is 4. The number of carbonyl (C=O) groups is 1. The van der Waals surface area contributed by atoms with Crippen molar-refractivity contribution in [3.63, 3.8) is 0 Å². The molecule has 0 radical (unpaired) electrons. The van der Waals surface area contributed by atoms with Crippen molar-refractivity contribution in [2.24, 2.45) is 0 Å². The molecule has 208 valence electrons. The second-order valence-electron chi connectivity index (χ2n) is 8.86. The Bertz CT molecular complexity index is 1710. The Morgan fingerprint density at radius 2 is 1.20 bits per heavy atom. The third-order valence-corrected chi connectivity index (χ3v) is 6.16. The van der Waals surface area contributed by atoms with E-state index in [1.165, 1.54) is 0 Å². The van der Waals surface area contributed by atoms with E-state index in [0.717, 1.165) is 39.2 Å². The molecule has 6 aromatic rings. The Kier molecular flexibility index (Phi) is 8.88. The minimum absolute atomic E-state index is 0.0217. The summed E-state index contributed by atoms with van der Waals surface area (Å²) in [7, 11) is 0. The molecular weight excluding hydrogens is 520 g/mol. The minimum atomic E-state index is -0.368. The first-order valence-corrected chi connectivity index (χ1v) is 13.2. The number of aliphatic hydroxyl groups excluding tert-OH is 1. The zero-order valence-corrected chi connectivity index (χ0v) is 22.6. The van der Waals surface area contributed by atoms with Gasteiger partial charge < -0.3 is 19.3 Å². The van der Waals surface area contributed by atoms with Gasteiger partial charge in [-0.2, -0.15) is 0 Å². The molecule has 0 atom stereocenters.